The molecule has 0 saturated carbocycles. The van der Waals surface area contributed by atoms with Crippen LogP contribution in [0.2, 0.25) is 0 Å². The van der Waals surface area contributed by atoms with Crippen molar-refractivity contribution in [3.63, 3.8) is 0 Å². The second-order valence-electron chi connectivity index (χ2n) is 8.70. The third kappa shape index (κ3) is 5.41. The van der Waals surface area contributed by atoms with Gasteiger partial charge in [0.05, 0.1) is 4.90 Å². The predicted molar refractivity (Wildman–Crippen MR) is 144 cm³/mol. The van der Waals surface area contributed by atoms with Gasteiger partial charge in [0.1, 0.15) is 17.4 Å². The summed E-state index contributed by atoms with van der Waals surface area (Å²) in [7, 11) is -4.05. The molecule has 0 saturated heterocycles. The zero-order chi connectivity index (χ0) is 26.7. The molecule has 0 bridgehead atoms. The van der Waals surface area contributed by atoms with Crippen molar-refractivity contribution < 1.29 is 22.4 Å². The predicted octanol–water partition coefficient (Wildman–Crippen LogP) is 5.39. The molecule has 1 aromatic heterocycles. The summed E-state index contributed by atoms with van der Waals surface area (Å²) in [5.41, 5.74) is 2.52. The van der Waals surface area contributed by atoms with Crippen molar-refractivity contribution in [3.8, 4) is 16.9 Å². The number of nitrogens with one attached hydrogen (secondary N) is 1. The lowest BCUT2D eigenvalue weighted by molar-refractivity contribution is -0.136. The minimum atomic E-state index is -4.05. The molecule has 0 spiro atoms. The summed E-state index contributed by atoms with van der Waals surface area (Å²) in [4.78, 5) is 25.6. The van der Waals surface area contributed by atoms with Crippen molar-refractivity contribution in [1.29, 1.82) is 0 Å². The van der Waals surface area contributed by atoms with Gasteiger partial charge >= 0.3 is 11.6 Å². The van der Waals surface area contributed by atoms with Gasteiger partial charge in [-0.3, -0.25) is 0 Å². The average molecular weight is 526 g/mol. The first kappa shape index (κ1) is 25.1. The Morgan fingerprint density at radius 2 is 1.50 bits per heavy atom. The monoisotopic (exact) mass is 525 g/mol. The van der Waals surface area contributed by atoms with Crippen LogP contribution >= 0.6 is 0 Å². The van der Waals surface area contributed by atoms with E-state index in [0.29, 0.717) is 16.5 Å². The third-order valence-corrected chi connectivity index (χ3v) is 7.43. The molecule has 0 fully saturated rings. The van der Waals surface area contributed by atoms with Crippen LogP contribution in [0.1, 0.15) is 17.2 Å². The number of hydrogen-bond donors (Lipinski definition) is 1. The fourth-order valence-electron chi connectivity index (χ4n) is 4.08. The van der Waals surface area contributed by atoms with Gasteiger partial charge in [-0.15, -0.1) is 0 Å². The zero-order valence-corrected chi connectivity index (χ0v) is 21.1. The molecule has 190 valence electrons. The molecule has 0 aliphatic heterocycles. The van der Waals surface area contributed by atoms with Crippen LogP contribution in [-0.4, -0.2) is 14.4 Å². The van der Waals surface area contributed by atoms with Gasteiger partial charge in [-0.2, -0.15) is 4.72 Å². The molecular formula is C30H23NO6S. The number of carbonyl (C=O) groups is 1. The Morgan fingerprint density at radius 1 is 0.842 bits per heavy atom. The molecule has 0 amide bonds. The molecule has 5 aromatic rings. The van der Waals surface area contributed by atoms with Crippen LogP contribution in [0.4, 0.5) is 0 Å². The molecule has 4 aromatic carbocycles. The van der Waals surface area contributed by atoms with Crippen molar-refractivity contribution in [2.24, 2.45) is 0 Å². The van der Waals surface area contributed by atoms with Gasteiger partial charge in [0.25, 0.3) is 0 Å². The Hall–Kier alpha value is -4.53. The van der Waals surface area contributed by atoms with Crippen LogP contribution in [-0.2, 0) is 14.8 Å². The van der Waals surface area contributed by atoms with Gasteiger partial charge in [0, 0.05) is 17.5 Å². The lowest BCUT2D eigenvalue weighted by Crippen LogP contribution is -2.36. The van der Waals surface area contributed by atoms with Crippen LogP contribution < -0.4 is 15.1 Å². The molecule has 0 aliphatic rings. The van der Waals surface area contributed by atoms with E-state index in [4.69, 9.17) is 9.15 Å². The van der Waals surface area contributed by atoms with E-state index < -0.39 is 27.7 Å². The quantitative estimate of drug-likeness (QED) is 0.174. The van der Waals surface area contributed by atoms with Crippen LogP contribution in [0.25, 0.3) is 22.1 Å². The molecule has 38 heavy (non-hydrogen) atoms. The summed E-state index contributed by atoms with van der Waals surface area (Å²) in [6.45, 7) is 1.85. The van der Waals surface area contributed by atoms with Gasteiger partial charge < -0.3 is 9.15 Å². The number of hydrogen-bond acceptors (Lipinski definition) is 6. The second-order valence-corrected chi connectivity index (χ2v) is 10.4. The summed E-state index contributed by atoms with van der Waals surface area (Å²) in [6.07, 6.45) is 0. The molecule has 7 nitrogen and oxygen atoms in total. The van der Waals surface area contributed by atoms with Crippen LogP contribution in [0.5, 0.6) is 5.75 Å². The van der Waals surface area contributed by atoms with Crippen molar-refractivity contribution >= 4 is 27.0 Å². The molecule has 0 unspecified atom stereocenters. The number of aryl methyl sites for hydroxylation is 1. The molecule has 1 heterocycles. The molecular weight excluding hydrogens is 502 g/mol. The van der Waals surface area contributed by atoms with Crippen molar-refractivity contribution in [3.05, 3.63) is 131 Å². The van der Waals surface area contributed by atoms with Gasteiger partial charge in [0.15, 0.2) is 0 Å². The van der Waals surface area contributed by atoms with Gasteiger partial charge in [-0.1, -0.05) is 78.4 Å². The number of carbonyl (C=O) groups excluding carboxylic acids is 1. The lowest BCUT2D eigenvalue weighted by atomic mass is 10.0. The zero-order valence-electron chi connectivity index (χ0n) is 20.3. The van der Waals surface area contributed by atoms with Gasteiger partial charge in [-0.05, 0) is 47.9 Å². The molecule has 1 N–H and O–H groups in total. The van der Waals surface area contributed by atoms with E-state index in [0.717, 1.165) is 11.1 Å². The smallest absolute Gasteiger partial charge is 0.336 e. The summed E-state index contributed by atoms with van der Waals surface area (Å²) in [6, 6.07) is 28.9. The van der Waals surface area contributed by atoms with Crippen molar-refractivity contribution in [1.82, 2.24) is 4.72 Å². The van der Waals surface area contributed by atoms with Crippen LogP contribution in [0.3, 0.4) is 0 Å². The average Bonchev–Trinajstić information content (AvgIpc) is 2.92. The van der Waals surface area contributed by atoms with Crippen LogP contribution in [0, 0.1) is 6.92 Å². The molecule has 1 atom stereocenters. The van der Waals surface area contributed by atoms with Gasteiger partial charge in [0.2, 0.25) is 10.0 Å². The fourth-order valence-corrected chi connectivity index (χ4v) is 5.25. The molecule has 0 radical (unpaired) electrons. The maximum absolute atomic E-state index is 13.3. The SMILES string of the molecule is Cc1ccc(S(=O)(=O)N[C@@H](C(=O)Oc2ccc3c(-c4ccccc4)cc(=O)oc3c2)c2ccccc2)cc1. The lowest BCUT2D eigenvalue weighted by Gasteiger charge is -2.18. The highest BCUT2D eigenvalue weighted by Gasteiger charge is 2.29. The Bertz CT molecular complexity index is 1760. The van der Waals surface area contributed by atoms with Crippen molar-refractivity contribution in [2.45, 2.75) is 17.9 Å². The Balaban J connectivity index is 1.48. The first-order valence-corrected chi connectivity index (χ1v) is 13.3. The summed E-state index contributed by atoms with van der Waals surface area (Å²) >= 11 is 0. The van der Waals surface area contributed by atoms with E-state index in [1.54, 1.807) is 54.6 Å². The minimum Gasteiger partial charge on any atom is -0.425 e. The highest BCUT2D eigenvalue weighted by molar-refractivity contribution is 7.89. The maximum Gasteiger partial charge on any atom is 0.336 e. The number of rotatable bonds is 7. The largest absolute Gasteiger partial charge is 0.425 e. The van der Waals surface area contributed by atoms with E-state index in [1.165, 1.54) is 24.3 Å². The number of benzene rings is 4. The van der Waals surface area contributed by atoms with E-state index >= 15 is 0 Å². The maximum atomic E-state index is 13.3. The molecule has 5 rings (SSSR count). The Kier molecular flexibility index (Phi) is 6.91. The van der Waals surface area contributed by atoms with Crippen LogP contribution in [0.15, 0.2) is 123 Å². The van der Waals surface area contributed by atoms with Gasteiger partial charge in [-0.25, -0.2) is 18.0 Å². The second kappa shape index (κ2) is 10.5. The normalized spacial score (nSPS) is 12.2. The number of ether oxygens (including phenoxy) is 1. The molecule has 0 aliphatic carbocycles. The Labute approximate surface area is 219 Å². The summed E-state index contributed by atoms with van der Waals surface area (Å²) in [5.74, 6) is -0.737. The first-order valence-electron chi connectivity index (χ1n) is 11.8. The highest BCUT2D eigenvalue weighted by atomic mass is 32.2. The van der Waals surface area contributed by atoms with E-state index in [9.17, 15) is 18.0 Å². The Morgan fingerprint density at radius 3 is 2.18 bits per heavy atom. The summed E-state index contributed by atoms with van der Waals surface area (Å²) in [5, 5.41) is 0.662. The minimum absolute atomic E-state index is 0.0257. The fraction of sp³-hybridized carbons (Fsp3) is 0.0667. The van der Waals surface area contributed by atoms with Crippen molar-refractivity contribution in [2.75, 3.05) is 0 Å². The van der Waals surface area contributed by atoms with E-state index in [-0.39, 0.29) is 16.2 Å². The standard InChI is InChI=1S/C30H23NO6S/c1-20-12-15-24(16-13-20)38(34,35)31-29(22-10-6-3-7-11-22)30(33)36-23-14-17-25-26(21-8-4-2-5-9-21)19-28(32)37-27(25)18-23/h2-19,29,31H,1H3/t29-/m1/s1. The highest BCUT2D eigenvalue weighted by Crippen LogP contribution is 2.30. The number of esters is 1. The number of sulfonamides is 1. The number of fused-ring (bicyclic) bond motifs is 1. The van der Waals surface area contributed by atoms with E-state index in [1.807, 2.05) is 37.3 Å². The summed E-state index contributed by atoms with van der Waals surface area (Å²) < 4.78 is 39.6. The van der Waals surface area contributed by atoms with E-state index in [2.05, 4.69) is 4.72 Å². The first-order chi connectivity index (χ1) is 18.3. The molecule has 8 heteroatoms. The third-order valence-electron chi connectivity index (χ3n) is 5.99. The topological polar surface area (TPSA) is 103 Å².